The largest absolute Gasteiger partial charge is 0.389 e. The number of hydrogen-bond donors (Lipinski definition) is 3. The molecule has 1 unspecified atom stereocenters. The van der Waals surface area contributed by atoms with Gasteiger partial charge in [-0.2, -0.15) is 0 Å². The summed E-state index contributed by atoms with van der Waals surface area (Å²) in [6.45, 7) is 1.96. The minimum absolute atomic E-state index is 0.175. The van der Waals surface area contributed by atoms with Crippen LogP contribution in [0.5, 0.6) is 0 Å². The number of aliphatic hydroxyl groups excluding tert-OH is 1. The maximum atomic E-state index is 10.9. The van der Waals surface area contributed by atoms with E-state index in [1.54, 1.807) is 6.92 Å². The molecule has 0 radical (unpaired) electrons. The molecule has 0 aromatic heterocycles. The highest BCUT2D eigenvalue weighted by atomic mass is 16.5. The first-order valence-electron chi connectivity index (χ1n) is 3.78. The van der Waals surface area contributed by atoms with Gasteiger partial charge in [-0.25, -0.2) is 0 Å². The van der Waals surface area contributed by atoms with Crippen LogP contribution in [-0.2, 0) is 9.53 Å². The number of aliphatic hydroxyl groups is 1. The SMILES string of the molecule is COCC(O)CNC(=O)[C@H](C)N. The molecular weight excluding hydrogens is 160 g/mol. The number of carbonyl (C=O) groups is 1. The first kappa shape index (κ1) is 11.4. The van der Waals surface area contributed by atoms with Gasteiger partial charge in [0.2, 0.25) is 5.91 Å². The van der Waals surface area contributed by atoms with Crippen LogP contribution in [0.4, 0.5) is 0 Å². The number of nitrogens with one attached hydrogen (secondary N) is 1. The molecule has 0 aliphatic heterocycles. The predicted octanol–water partition coefficient (Wildman–Crippen LogP) is -1.54. The number of methoxy groups -OCH3 is 1. The Hall–Kier alpha value is -0.650. The van der Waals surface area contributed by atoms with E-state index >= 15 is 0 Å². The van der Waals surface area contributed by atoms with Crippen molar-refractivity contribution in [1.82, 2.24) is 5.32 Å². The smallest absolute Gasteiger partial charge is 0.236 e. The molecule has 0 spiro atoms. The lowest BCUT2D eigenvalue weighted by Crippen LogP contribution is -2.42. The monoisotopic (exact) mass is 176 g/mol. The Balaban J connectivity index is 3.47. The average molecular weight is 176 g/mol. The Morgan fingerprint density at radius 1 is 1.75 bits per heavy atom. The van der Waals surface area contributed by atoms with E-state index < -0.39 is 12.1 Å². The minimum atomic E-state index is -0.669. The summed E-state index contributed by atoms with van der Waals surface area (Å²) in [7, 11) is 1.48. The zero-order valence-corrected chi connectivity index (χ0v) is 7.41. The van der Waals surface area contributed by atoms with Crippen LogP contribution in [0.3, 0.4) is 0 Å². The molecule has 5 nitrogen and oxygen atoms in total. The summed E-state index contributed by atoms with van der Waals surface area (Å²) >= 11 is 0. The van der Waals surface area contributed by atoms with Crippen LogP contribution in [0.25, 0.3) is 0 Å². The quantitative estimate of drug-likeness (QED) is 0.474. The van der Waals surface area contributed by atoms with Gasteiger partial charge in [-0.3, -0.25) is 4.79 Å². The molecule has 0 aromatic rings. The maximum Gasteiger partial charge on any atom is 0.236 e. The van der Waals surface area contributed by atoms with Crippen LogP contribution < -0.4 is 11.1 Å². The van der Waals surface area contributed by atoms with Crippen molar-refractivity contribution in [3.05, 3.63) is 0 Å². The van der Waals surface area contributed by atoms with Crippen molar-refractivity contribution in [2.75, 3.05) is 20.3 Å². The van der Waals surface area contributed by atoms with Crippen molar-refractivity contribution in [2.45, 2.75) is 19.1 Å². The van der Waals surface area contributed by atoms with E-state index in [2.05, 4.69) is 10.1 Å². The summed E-state index contributed by atoms with van der Waals surface area (Å²) in [6.07, 6.45) is -0.669. The molecule has 0 bridgehead atoms. The first-order valence-corrected chi connectivity index (χ1v) is 3.78. The molecular formula is C7H16N2O3. The summed E-state index contributed by atoms with van der Waals surface area (Å²) in [5.74, 6) is -0.273. The van der Waals surface area contributed by atoms with E-state index in [1.807, 2.05) is 0 Å². The molecule has 0 heterocycles. The van der Waals surface area contributed by atoms with Gasteiger partial charge in [-0.1, -0.05) is 0 Å². The second kappa shape index (κ2) is 5.93. The van der Waals surface area contributed by atoms with Gasteiger partial charge in [0.05, 0.1) is 18.8 Å². The summed E-state index contributed by atoms with van der Waals surface area (Å²) in [6, 6.07) is -0.542. The third-order valence-corrected chi connectivity index (χ3v) is 1.28. The lowest BCUT2D eigenvalue weighted by atomic mass is 10.3. The van der Waals surface area contributed by atoms with Crippen molar-refractivity contribution in [3.63, 3.8) is 0 Å². The zero-order chi connectivity index (χ0) is 9.56. The summed E-state index contributed by atoms with van der Waals surface area (Å²) in [4.78, 5) is 10.9. The van der Waals surface area contributed by atoms with Gasteiger partial charge < -0.3 is 20.9 Å². The fourth-order valence-corrected chi connectivity index (χ4v) is 0.631. The number of hydrogen-bond acceptors (Lipinski definition) is 4. The van der Waals surface area contributed by atoms with Crippen molar-refractivity contribution < 1.29 is 14.6 Å². The molecule has 5 heteroatoms. The minimum Gasteiger partial charge on any atom is -0.389 e. The maximum absolute atomic E-state index is 10.9. The van der Waals surface area contributed by atoms with Gasteiger partial charge in [0.15, 0.2) is 0 Å². The lowest BCUT2D eigenvalue weighted by molar-refractivity contribution is -0.122. The van der Waals surface area contributed by atoms with Crippen LogP contribution in [-0.4, -0.2) is 43.4 Å². The summed E-state index contributed by atoms with van der Waals surface area (Å²) in [5.41, 5.74) is 5.27. The molecule has 0 aromatic carbocycles. The van der Waals surface area contributed by atoms with Gasteiger partial charge in [0.25, 0.3) is 0 Å². The molecule has 0 aliphatic carbocycles. The van der Waals surface area contributed by atoms with Crippen LogP contribution in [0.15, 0.2) is 0 Å². The van der Waals surface area contributed by atoms with Crippen molar-refractivity contribution in [2.24, 2.45) is 5.73 Å². The van der Waals surface area contributed by atoms with E-state index in [0.717, 1.165) is 0 Å². The lowest BCUT2D eigenvalue weighted by Gasteiger charge is -2.11. The third-order valence-electron chi connectivity index (χ3n) is 1.28. The van der Waals surface area contributed by atoms with Crippen LogP contribution >= 0.6 is 0 Å². The van der Waals surface area contributed by atoms with Crippen molar-refractivity contribution in [1.29, 1.82) is 0 Å². The number of ether oxygens (including phenoxy) is 1. The number of nitrogens with two attached hydrogens (primary N) is 1. The van der Waals surface area contributed by atoms with E-state index in [9.17, 15) is 4.79 Å². The highest BCUT2D eigenvalue weighted by Crippen LogP contribution is 1.82. The number of carbonyl (C=O) groups excluding carboxylic acids is 1. The van der Waals surface area contributed by atoms with Crippen LogP contribution in [0, 0.1) is 0 Å². The zero-order valence-electron chi connectivity index (χ0n) is 7.41. The van der Waals surface area contributed by atoms with Crippen LogP contribution in [0.1, 0.15) is 6.92 Å². The fourth-order valence-electron chi connectivity index (χ4n) is 0.631. The Bertz CT molecular complexity index is 139. The van der Waals surface area contributed by atoms with Gasteiger partial charge in [0.1, 0.15) is 0 Å². The number of amides is 1. The third kappa shape index (κ3) is 5.06. The average Bonchev–Trinajstić information content (AvgIpc) is 2.00. The van der Waals surface area contributed by atoms with Gasteiger partial charge in [-0.15, -0.1) is 0 Å². The molecule has 0 saturated carbocycles. The van der Waals surface area contributed by atoms with E-state index in [-0.39, 0.29) is 19.1 Å². The molecule has 4 N–H and O–H groups in total. The van der Waals surface area contributed by atoms with Gasteiger partial charge in [0, 0.05) is 13.7 Å². The second-order valence-electron chi connectivity index (χ2n) is 2.64. The van der Waals surface area contributed by atoms with Crippen molar-refractivity contribution >= 4 is 5.91 Å². The molecule has 0 fully saturated rings. The summed E-state index contributed by atoms with van der Waals surface area (Å²) in [5, 5.41) is 11.6. The molecule has 0 saturated heterocycles. The normalized spacial score (nSPS) is 15.3. The van der Waals surface area contributed by atoms with E-state index in [1.165, 1.54) is 7.11 Å². The van der Waals surface area contributed by atoms with Crippen LogP contribution in [0.2, 0.25) is 0 Å². The van der Waals surface area contributed by atoms with E-state index in [0.29, 0.717) is 0 Å². The Morgan fingerprint density at radius 3 is 2.75 bits per heavy atom. The molecule has 12 heavy (non-hydrogen) atoms. The standard InChI is InChI=1S/C7H16N2O3/c1-5(8)7(11)9-3-6(10)4-12-2/h5-6,10H,3-4,8H2,1-2H3,(H,9,11)/t5-,6?/m0/s1. The topological polar surface area (TPSA) is 84.6 Å². The molecule has 1 amide bonds. The number of rotatable bonds is 5. The van der Waals surface area contributed by atoms with E-state index in [4.69, 9.17) is 10.8 Å². The Kier molecular flexibility index (Phi) is 5.61. The molecule has 72 valence electrons. The molecule has 0 rings (SSSR count). The Morgan fingerprint density at radius 2 is 2.33 bits per heavy atom. The van der Waals surface area contributed by atoms with Crippen molar-refractivity contribution in [3.8, 4) is 0 Å². The van der Waals surface area contributed by atoms with Gasteiger partial charge >= 0.3 is 0 Å². The Labute approximate surface area is 71.9 Å². The highest BCUT2D eigenvalue weighted by molar-refractivity contribution is 5.80. The second-order valence-corrected chi connectivity index (χ2v) is 2.64. The van der Waals surface area contributed by atoms with Gasteiger partial charge in [-0.05, 0) is 6.92 Å². The summed E-state index contributed by atoms with van der Waals surface area (Å²) < 4.78 is 4.66. The highest BCUT2D eigenvalue weighted by Gasteiger charge is 2.09. The first-order chi connectivity index (χ1) is 5.57. The predicted molar refractivity (Wildman–Crippen MR) is 44.5 cm³/mol. The molecule has 2 atom stereocenters. The molecule has 0 aliphatic rings. The fraction of sp³-hybridized carbons (Fsp3) is 0.857.